The zero-order valence-corrected chi connectivity index (χ0v) is 27.1. The molecule has 1 aliphatic rings. The Labute approximate surface area is 290 Å². The second-order valence-electron chi connectivity index (χ2n) is 12.8. The van der Waals surface area contributed by atoms with E-state index in [9.17, 15) is 0 Å². The Kier molecular flexibility index (Phi) is 6.53. The summed E-state index contributed by atoms with van der Waals surface area (Å²) in [7, 11) is 0. The highest BCUT2D eigenvalue weighted by Gasteiger charge is 2.35. The zero-order chi connectivity index (χ0) is 33.0. The van der Waals surface area contributed by atoms with Gasteiger partial charge < -0.3 is 4.57 Å². The van der Waals surface area contributed by atoms with Gasteiger partial charge in [0.05, 0.1) is 17.0 Å². The van der Waals surface area contributed by atoms with Gasteiger partial charge in [0, 0.05) is 27.6 Å². The number of para-hydroxylation sites is 1. The van der Waals surface area contributed by atoms with Crippen LogP contribution in [0, 0.1) is 0 Å². The topological polar surface area (TPSA) is 43.6 Å². The van der Waals surface area contributed by atoms with Crippen molar-refractivity contribution >= 4 is 21.8 Å². The first-order chi connectivity index (χ1) is 24.8. The summed E-state index contributed by atoms with van der Waals surface area (Å²) in [6, 6.07) is 62.0. The van der Waals surface area contributed by atoms with Crippen LogP contribution in [0.4, 0.5) is 0 Å². The van der Waals surface area contributed by atoms with Crippen LogP contribution in [-0.2, 0) is 0 Å². The molecule has 1 aliphatic carbocycles. The molecular weight excluding hydrogens is 609 g/mol. The molecule has 0 spiro atoms. The maximum Gasteiger partial charge on any atom is 0.163 e. The third-order valence-corrected chi connectivity index (χ3v) is 9.91. The first-order valence-electron chi connectivity index (χ1n) is 17.0. The molecule has 1 atom stereocenters. The SMILES string of the molecule is c1ccc(-c2cccc(-n3c4ccccc4c4c5c(ccc43)C(c3nc(-c4ccccc4)nc(-c4ccccc4)n3)c3ccccc3-5)c2)cc1. The summed E-state index contributed by atoms with van der Waals surface area (Å²) in [5, 5.41) is 2.48. The number of hydrogen-bond donors (Lipinski definition) is 0. The third-order valence-electron chi connectivity index (χ3n) is 9.91. The number of hydrogen-bond acceptors (Lipinski definition) is 3. The minimum atomic E-state index is -0.151. The van der Waals surface area contributed by atoms with Crippen molar-refractivity contribution in [1.82, 2.24) is 19.5 Å². The standard InChI is InChI=1S/C46H30N4/c1-4-15-30(16-5-1)33-21-14-22-34(29-33)50-39-26-13-12-25-37(39)43-40(50)28-27-38-41(43)35-23-10-11-24-36(35)42(38)46-48-44(31-17-6-2-7-18-31)47-45(49-46)32-19-8-3-9-20-32/h1-29,42H. The minimum absolute atomic E-state index is 0.151. The van der Waals surface area contributed by atoms with E-state index in [0.29, 0.717) is 11.6 Å². The fraction of sp³-hybridized carbons (Fsp3) is 0.0217. The first kappa shape index (κ1) is 28.4. The molecule has 4 nitrogen and oxygen atoms in total. The van der Waals surface area contributed by atoms with E-state index in [0.717, 1.165) is 22.6 Å². The largest absolute Gasteiger partial charge is 0.309 e. The minimum Gasteiger partial charge on any atom is -0.309 e. The van der Waals surface area contributed by atoms with E-state index in [-0.39, 0.29) is 5.92 Å². The fourth-order valence-corrected chi connectivity index (χ4v) is 7.72. The first-order valence-corrected chi connectivity index (χ1v) is 17.0. The van der Waals surface area contributed by atoms with Crippen molar-refractivity contribution in [1.29, 1.82) is 0 Å². The third kappa shape index (κ3) is 4.50. The second-order valence-corrected chi connectivity index (χ2v) is 12.8. The van der Waals surface area contributed by atoms with Crippen molar-refractivity contribution in [3.63, 3.8) is 0 Å². The fourth-order valence-electron chi connectivity index (χ4n) is 7.72. The lowest BCUT2D eigenvalue weighted by Crippen LogP contribution is -2.09. The summed E-state index contributed by atoms with van der Waals surface area (Å²) < 4.78 is 2.41. The Morgan fingerprint density at radius 1 is 0.420 bits per heavy atom. The molecule has 10 rings (SSSR count). The van der Waals surface area contributed by atoms with Crippen LogP contribution in [0.25, 0.3) is 72.5 Å². The molecule has 234 valence electrons. The summed E-state index contributed by atoms with van der Waals surface area (Å²) in [6.07, 6.45) is 0. The van der Waals surface area contributed by atoms with E-state index in [1.54, 1.807) is 0 Å². The monoisotopic (exact) mass is 638 g/mol. The van der Waals surface area contributed by atoms with Crippen LogP contribution in [0.15, 0.2) is 176 Å². The van der Waals surface area contributed by atoms with Crippen molar-refractivity contribution in [2.24, 2.45) is 0 Å². The number of fused-ring (bicyclic) bond motifs is 7. The highest BCUT2D eigenvalue weighted by atomic mass is 15.0. The van der Waals surface area contributed by atoms with Gasteiger partial charge in [0.1, 0.15) is 5.82 Å². The van der Waals surface area contributed by atoms with Gasteiger partial charge in [-0.3, -0.25) is 0 Å². The number of rotatable bonds is 5. The van der Waals surface area contributed by atoms with Gasteiger partial charge in [-0.2, -0.15) is 0 Å². The summed E-state index contributed by atoms with van der Waals surface area (Å²) in [5.74, 6) is 1.96. The van der Waals surface area contributed by atoms with Crippen LogP contribution in [-0.4, -0.2) is 19.5 Å². The van der Waals surface area contributed by atoms with E-state index < -0.39 is 0 Å². The van der Waals surface area contributed by atoms with E-state index in [1.165, 1.54) is 55.2 Å². The van der Waals surface area contributed by atoms with Gasteiger partial charge in [-0.25, -0.2) is 15.0 Å². The zero-order valence-electron chi connectivity index (χ0n) is 27.1. The molecular formula is C46H30N4. The summed E-state index contributed by atoms with van der Waals surface area (Å²) in [6.45, 7) is 0. The molecule has 2 aromatic heterocycles. The Morgan fingerprint density at radius 2 is 1.02 bits per heavy atom. The van der Waals surface area contributed by atoms with E-state index in [4.69, 9.17) is 15.0 Å². The Morgan fingerprint density at radius 3 is 1.74 bits per heavy atom. The number of benzene rings is 7. The predicted molar refractivity (Wildman–Crippen MR) is 203 cm³/mol. The van der Waals surface area contributed by atoms with Crippen molar-refractivity contribution in [3.8, 4) is 50.7 Å². The van der Waals surface area contributed by atoms with Crippen molar-refractivity contribution < 1.29 is 0 Å². The highest BCUT2D eigenvalue weighted by molar-refractivity contribution is 6.17. The summed E-state index contributed by atoms with van der Waals surface area (Å²) in [5.41, 5.74) is 12.7. The Bertz CT molecular complexity index is 2640. The number of aromatic nitrogens is 4. The van der Waals surface area contributed by atoms with Crippen molar-refractivity contribution in [2.75, 3.05) is 0 Å². The summed E-state index contributed by atoms with van der Waals surface area (Å²) in [4.78, 5) is 15.4. The van der Waals surface area contributed by atoms with Gasteiger partial charge in [-0.05, 0) is 57.6 Å². The van der Waals surface area contributed by atoms with Gasteiger partial charge in [0.25, 0.3) is 0 Å². The van der Waals surface area contributed by atoms with Crippen LogP contribution in [0.2, 0.25) is 0 Å². The highest BCUT2D eigenvalue weighted by Crippen LogP contribution is 2.52. The van der Waals surface area contributed by atoms with Crippen LogP contribution in [0.3, 0.4) is 0 Å². The van der Waals surface area contributed by atoms with Crippen LogP contribution < -0.4 is 0 Å². The average Bonchev–Trinajstić information content (AvgIpc) is 3.72. The second kappa shape index (κ2) is 11.5. The quantitative estimate of drug-likeness (QED) is 0.188. The molecule has 0 saturated heterocycles. The molecule has 0 fully saturated rings. The molecule has 1 unspecified atom stereocenters. The molecule has 2 heterocycles. The maximum absolute atomic E-state index is 5.22. The molecule has 4 heteroatoms. The maximum atomic E-state index is 5.22. The average molecular weight is 639 g/mol. The number of nitrogens with zero attached hydrogens (tertiary/aromatic N) is 4. The van der Waals surface area contributed by atoms with Crippen LogP contribution >= 0.6 is 0 Å². The lowest BCUT2D eigenvalue weighted by Gasteiger charge is -2.15. The smallest absolute Gasteiger partial charge is 0.163 e. The Hall–Kier alpha value is -6.65. The molecule has 0 saturated carbocycles. The molecule has 0 N–H and O–H groups in total. The molecule has 9 aromatic rings. The van der Waals surface area contributed by atoms with Gasteiger partial charge in [0.15, 0.2) is 11.6 Å². The summed E-state index contributed by atoms with van der Waals surface area (Å²) >= 11 is 0. The van der Waals surface area contributed by atoms with Crippen LogP contribution in [0.1, 0.15) is 22.9 Å². The van der Waals surface area contributed by atoms with Crippen LogP contribution in [0.5, 0.6) is 0 Å². The van der Waals surface area contributed by atoms with Crippen molar-refractivity contribution in [3.05, 3.63) is 193 Å². The normalized spacial score (nSPS) is 13.4. The predicted octanol–water partition coefficient (Wildman–Crippen LogP) is 11.1. The van der Waals surface area contributed by atoms with Crippen molar-refractivity contribution in [2.45, 2.75) is 5.92 Å². The van der Waals surface area contributed by atoms with Gasteiger partial charge in [0.2, 0.25) is 0 Å². The lowest BCUT2D eigenvalue weighted by molar-refractivity contribution is 0.856. The molecule has 0 bridgehead atoms. The molecule has 0 aliphatic heterocycles. The van der Waals surface area contributed by atoms with Gasteiger partial charge in [-0.1, -0.05) is 152 Å². The molecule has 7 aromatic carbocycles. The van der Waals surface area contributed by atoms with E-state index in [2.05, 4.69) is 144 Å². The molecule has 0 radical (unpaired) electrons. The molecule has 50 heavy (non-hydrogen) atoms. The molecule has 0 amide bonds. The van der Waals surface area contributed by atoms with Gasteiger partial charge >= 0.3 is 0 Å². The van der Waals surface area contributed by atoms with E-state index in [1.807, 2.05) is 36.4 Å². The van der Waals surface area contributed by atoms with E-state index >= 15 is 0 Å². The lowest BCUT2D eigenvalue weighted by atomic mass is 9.94. The van der Waals surface area contributed by atoms with Gasteiger partial charge in [-0.15, -0.1) is 0 Å². The Balaban J connectivity index is 1.23.